The van der Waals surface area contributed by atoms with Gasteiger partial charge < -0.3 is 10.6 Å². The number of nitrogens with zero attached hydrogens (tertiary/aromatic N) is 1. The first-order chi connectivity index (χ1) is 14.3. The summed E-state index contributed by atoms with van der Waals surface area (Å²) in [6.07, 6.45) is 0. The summed E-state index contributed by atoms with van der Waals surface area (Å²) in [5.74, 6) is -0.597. The number of aryl methyl sites for hydroxylation is 4. The van der Waals surface area contributed by atoms with E-state index in [0.717, 1.165) is 27.9 Å². The van der Waals surface area contributed by atoms with Gasteiger partial charge in [0, 0.05) is 11.4 Å². The lowest BCUT2D eigenvalue weighted by Gasteiger charge is -2.19. The minimum atomic E-state index is -3.89. The molecule has 0 unspecified atom stereocenters. The van der Waals surface area contributed by atoms with Crippen molar-refractivity contribution in [1.29, 1.82) is 0 Å². The SMILES string of the molecule is Cc1cc(C)c(NC(=O)CN(C)CC(=O)Nc2cc(S(N)(=O)=O)cc(C)c2C)c(C)c1. The van der Waals surface area contributed by atoms with E-state index < -0.39 is 10.0 Å². The van der Waals surface area contributed by atoms with Crippen LogP contribution in [0.4, 0.5) is 11.4 Å². The van der Waals surface area contributed by atoms with E-state index in [-0.39, 0.29) is 29.8 Å². The van der Waals surface area contributed by atoms with E-state index in [1.165, 1.54) is 12.1 Å². The summed E-state index contributed by atoms with van der Waals surface area (Å²) >= 11 is 0. The van der Waals surface area contributed by atoms with E-state index in [1.54, 1.807) is 25.8 Å². The number of hydrogen-bond donors (Lipinski definition) is 3. The zero-order valence-corrected chi connectivity index (χ0v) is 19.6. The average Bonchev–Trinajstić information content (AvgIpc) is 2.60. The number of nitrogens with one attached hydrogen (secondary N) is 2. The lowest BCUT2D eigenvalue weighted by atomic mass is 10.1. The van der Waals surface area contributed by atoms with E-state index in [9.17, 15) is 18.0 Å². The van der Waals surface area contributed by atoms with Crippen LogP contribution in [0.3, 0.4) is 0 Å². The Morgan fingerprint density at radius 2 is 1.39 bits per heavy atom. The van der Waals surface area contributed by atoms with Crippen molar-refractivity contribution in [3.05, 3.63) is 52.1 Å². The molecule has 0 aliphatic carbocycles. The average molecular weight is 447 g/mol. The smallest absolute Gasteiger partial charge is 0.238 e. The van der Waals surface area contributed by atoms with Crippen molar-refractivity contribution < 1.29 is 18.0 Å². The second-order valence-corrected chi connectivity index (χ2v) is 9.56. The monoisotopic (exact) mass is 446 g/mol. The van der Waals surface area contributed by atoms with Crippen LogP contribution < -0.4 is 15.8 Å². The Labute approximate surface area is 183 Å². The number of sulfonamides is 1. The van der Waals surface area contributed by atoms with Gasteiger partial charge in [0.1, 0.15) is 0 Å². The van der Waals surface area contributed by atoms with Crippen LogP contribution >= 0.6 is 0 Å². The molecule has 0 atom stereocenters. The predicted octanol–water partition coefficient (Wildman–Crippen LogP) is 2.39. The second-order valence-electron chi connectivity index (χ2n) is 8.00. The van der Waals surface area contributed by atoms with Gasteiger partial charge in [0.05, 0.1) is 18.0 Å². The van der Waals surface area contributed by atoms with Gasteiger partial charge in [-0.05, 0) is 76.1 Å². The van der Waals surface area contributed by atoms with Crippen molar-refractivity contribution in [3.63, 3.8) is 0 Å². The molecule has 0 aromatic heterocycles. The van der Waals surface area contributed by atoms with Gasteiger partial charge in [-0.25, -0.2) is 13.6 Å². The summed E-state index contributed by atoms with van der Waals surface area (Å²) < 4.78 is 23.3. The number of hydrogen-bond acceptors (Lipinski definition) is 5. The minimum Gasteiger partial charge on any atom is -0.325 e. The van der Waals surface area contributed by atoms with E-state index in [4.69, 9.17) is 5.14 Å². The summed E-state index contributed by atoms with van der Waals surface area (Å²) in [5.41, 5.74) is 5.67. The Morgan fingerprint density at radius 3 is 1.90 bits per heavy atom. The normalized spacial score (nSPS) is 11.5. The highest BCUT2D eigenvalue weighted by Crippen LogP contribution is 2.24. The van der Waals surface area contributed by atoms with E-state index in [1.807, 2.05) is 32.9 Å². The Morgan fingerprint density at radius 1 is 0.871 bits per heavy atom. The fourth-order valence-corrected chi connectivity index (χ4v) is 4.04. The van der Waals surface area contributed by atoms with Crippen molar-refractivity contribution in [2.45, 2.75) is 39.5 Å². The molecular weight excluding hydrogens is 416 g/mol. The zero-order valence-electron chi connectivity index (χ0n) is 18.8. The quantitative estimate of drug-likeness (QED) is 0.603. The van der Waals surface area contributed by atoms with Gasteiger partial charge in [-0.2, -0.15) is 0 Å². The molecule has 31 heavy (non-hydrogen) atoms. The molecule has 8 nitrogen and oxygen atoms in total. The third-order valence-electron chi connectivity index (χ3n) is 5.01. The third-order valence-corrected chi connectivity index (χ3v) is 5.90. The number of carbonyl (C=O) groups is 2. The van der Waals surface area contributed by atoms with Gasteiger partial charge in [0.25, 0.3) is 0 Å². The summed E-state index contributed by atoms with van der Waals surface area (Å²) in [6, 6.07) is 6.80. The highest BCUT2D eigenvalue weighted by Gasteiger charge is 2.16. The molecule has 0 bridgehead atoms. The Balaban J connectivity index is 2.02. The molecule has 9 heteroatoms. The van der Waals surface area contributed by atoms with Gasteiger partial charge >= 0.3 is 0 Å². The topological polar surface area (TPSA) is 122 Å². The van der Waals surface area contributed by atoms with Gasteiger partial charge in [0.15, 0.2) is 0 Å². The van der Waals surface area contributed by atoms with Crippen LogP contribution in [0.25, 0.3) is 0 Å². The standard InChI is InChI=1S/C22H30N4O4S/c1-13-7-15(3)22(16(4)8-13)25-21(28)12-26(6)11-20(27)24-19-10-18(31(23,29)30)9-14(2)17(19)5/h7-10H,11-12H2,1-6H3,(H,24,27)(H,25,28)(H2,23,29,30). The number of likely N-dealkylation sites (N-methyl/N-ethyl adjacent to an activating group) is 1. The van der Waals surface area contributed by atoms with Crippen LogP contribution in [0.5, 0.6) is 0 Å². The number of benzene rings is 2. The van der Waals surface area contributed by atoms with Crippen LogP contribution in [0.15, 0.2) is 29.2 Å². The largest absolute Gasteiger partial charge is 0.325 e. The summed E-state index contributed by atoms with van der Waals surface area (Å²) in [7, 11) is -2.23. The predicted molar refractivity (Wildman–Crippen MR) is 123 cm³/mol. The molecular formula is C22H30N4O4S. The van der Waals surface area contributed by atoms with E-state index >= 15 is 0 Å². The maximum atomic E-state index is 12.5. The number of anilines is 2. The highest BCUT2D eigenvalue weighted by atomic mass is 32.2. The molecule has 0 heterocycles. The molecule has 2 aromatic carbocycles. The molecule has 2 rings (SSSR count). The van der Waals surface area contributed by atoms with E-state index in [2.05, 4.69) is 10.6 Å². The molecule has 0 saturated heterocycles. The lowest BCUT2D eigenvalue weighted by molar-refractivity contribution is -0.119. The van der Waals surface area contributed by atoms with Crippen molar-refractivity contribution in [2.24, 2.45) is 5.14 Å². The summed E-state index contributed by atoms with van der Waals surface area (Å²) in [4.78, 5) is 26.4. The van der Waals surface area contributed by atoms with Gasteiger partial charge in [-0.1, -0.05) is 17.7 Å². The molecule has 168 valence electrons. The summed E-state index contributed by atoms with van der Waals surface area (Å²) in [6.45, 7) is 9.37. The lowest BCUT2D eigenvalue weighted by Crippen LogP contribution is -2.36. The number of primary sulfonamides is 1. The Bertz CT molecular complexity index is 1100. The minimum absolute atomic E-state index is 0.0232. The molecule has 0 saturated carbocycles. The maximum Gasteiger partial charge on any atom is 0.238 e. The zero-order chi connectivity index (χ0) is 23.5. The van der Waals surface area contributed by atoms with Crippen molar-refractivity contribution in [1.82, 2.24) is 4.90 Å². The number of rotatable bonds is 7. The maximum absolute atomic E-state index is 12.5. The Hall–Kier alpha value is -2.75. The van der Waals surface area contributed by atoms with Gasteiger partial charge in [-0.15, -0.1) is 0 Å². The summed E-state index contributed by atoms with van der Waals surface area (Å²) in [5, 5.41) is 10.8. The van der Waals surface area contributed by atoms with Crippen LogP contribution in [-0.4, -0.2) is 45.3 Å². The fraction of sp³-hybridized carbons (Fsp3) is 0.364. The van der Waals surface area contributed by atoms with Crippen LogP contribution in [0, 0.1) is 34.6 Å². The molecule has 0 aliphatic rings. The van der Waals surface area contributed by atoms with Crippen LogP contribution in [-0.2, 0) is 19.6 Å². The van der Waals surface area contributed by atoms with Crippen molar-refractivity contribution in [3.8, 4) is 0 Å². The van der Waals surface area contributed by atoms with Gasteiger partial charge in [0.2, 0.25) is 21.8 Å². The Kier molecular flexibility index (Phi) is 7.58. The molecule has 0 radical (unpaired) electrons. The molecule has 0 spiro atoms. The van der Waals surface area contributed by atoms with Crippen molar-refractivity contribution in [2.75, 3.05) is 30.8 Å². The number of amides is 2. The van der Waals surface area contributed by atoms with Crippen LogP contribution in [0.2, 0.25) is 0 Å². The third kappa shape index (κ3) is 6.61. The molecule has 4 N–H and O–H groups in total. The van der Waals surface area contributed by atoms with Crippen molar-refractivity contribution >= 4 is 33.2 Å². The molecule has 2 aromatic rings. The number of nitrogens with two attached hydrogens (primary N) is 1. The first kappa shape index (κ1) is 24.5. The van der Waals surface area contributed by atoms with E-state index in [0.29, 0.717) is 11.3 Å². The first-order valence-corrected chi connectivity index (χ1v) is 11.3. The van der Waals surface area contributed by atoms with Gasteiger partial charge in [-0.3, -0.25) is 14.5 Å². The molecule has 0 aliphatic heterocycles. The molecule has 2 amide bonds. The van der Waals surface area contributed by atoms with Crippen LogP contribution in [0.1, 0.15) is 27.8 Å². The fourth-order valence-electron chi connectivity index (χ4n) is 3.41. The highest BCUT2D eigenvalue weighted by molar-refractivity contribution is 7.89. The first-order valence-electron chi connectivity index (χ1n) is 9.78. The number of carbonyl (C=O) groups excluding carboxylic acids is 2. The second kappa shape index (κ2) is 9.59. The molecule has 0 fully saturated rings.